The van der Waals surface area contributed by atoms with Crippen molar-refractivity contribution in [3.8, 4) is 0 Å². The zero-order valence-corrected chi connectivity index (χ0v) is 12.2. The fraction of sp³-hybridized carbons (Fsp3) is 0.188. The maximum Gasteiger partial charge on any atom is 0.161 e. The largest absolute Gasteiger partial charge is 0.398 e. The lowest BCUT2D eigenvalue weighted by Crippen LogP contribution is -1.99. The first-order chi connectivity index (χ1) is 8.97. The molecular formula is C16H17NOS. The normalized spacial score (nSPS) is 10.5. The Morgan fingerprint density at radius 3 is 2.53 bits per heavy atom. The van der Waals surface area contributed by atoms with Gasteiger partial charge in [0.25, 0.3) is 0 Å². The number of hydrogen-bond donors (Lipinski definition) is 1. The van der Waals surface area contributed by atoms with Crippen molar-refractivity contribution in [3.05, 3.63) is 53.1 Å². The van der Waals surface area contributed by atoms with Gasteiger partial charge in [-0.25, -0.2) is 0 Å². The summed E-state index contributed by atoms with van der Waals surface area (Å²) in [4.78, 5) is 13.7. The SMILES string of the molecule is CC(=O)c1cc(Sc2cc(C)ccc2C)ccc1N. The van der Waals surface area contributed by atoms with Gasteiger partial charge >= 0.3 is 0 Å². The van der Waals surface area contributed by atoms with Gasteiger partial charge in [-0.1, -0.05) is 23.9 Å². The molecule has 0 amide bonds. The molecule has 2 rings (SSSR count). The van der Waals surface area contributed by atoms with Crippen molar-refractivity contribution in [2.24, 2.45) is 0 Å². The average Bonchev–Trinajstić information content (AvgIpc) is 2.36. The predicted octanol–water partition coefficient (Wildman–Crippen LogP) is 4.24. The first-order valence-electron chi connectivity index (χ1n) is 6.13. The molecule has 2 nitrogen and oxygen atoms in total. The molecule has 0 atom stereocenters. The molecule has 3 heteroatoms. The highest BCUT2D eigenvalue weighted by molar-refractivity contribution is 7.99. The van der Waals surface area contributed by atoms with Crippen molar-refractivity contribution >= 4 is 23.2 Å². The average molecular weight is 271 g/mol. The van der Waals surface area contributed by atoms with Crippen LogP contribution in [0, 0.1) is 13.8 Å². The van der Waals surface area contributed by atoms with Crippen molar-refractivity contribution in [1.82, 2.24) is 0 Å². The van der Waals surface area contributed by atoms with E-state index in [1.807, 2.05) is 12.1 Å². The van der Waals surface area contributed by atoms with E-state index in [4.69, 9.17) is 5.73 Å². The Bertz CT molecular complexity index is 635. The Labute approximate surface area is 118 Å². The molecule has 0 spiro atoms. The molecule has 0 unspecified atom stereocenters. The van der Waals surface area contributed by atoms with Gasteiger partial charge in [-0.05, 0) is 56.2 Å². The molecule has 2 aromatic carbocycles. The molecule has 0 aliphatic heterocycles. The molecule has 0 aromatic heterocycles. The van der Waals surface area contributed by atoms with E-state index in [9.17, 15) is 4.79 Å². The summed E-state index contributed by atoms with van der Waals surface area (Å²) in [5, 5.41) is 0. The lowest BCUT2D eigenvalue weighted by atomic mass is 10.1. The molecule has 19 heavy (non-hydrogen) atoms. The monoisotopic (exact) mass is 271 g/mol. The summed E-state index contributed by atoms with van der Waals surface area (Å²) in [5.74, 6) is 0.000846. The van der Waals surface area contributed by atoms with Crippen LogP contribution in [0.4, 0.5) is 5.69 Å². The third-order valence-electron chi connectivity index (χ3n) is 2.98. The third kappa shape index (κ3) is 3.18. The number of ketones is 1. The van der Waals surface area contributed by atoms with Gasteiger partial charge in [0.1, 0.15) is 0 Å². The molecule has 0 fully saturated rings. The number of carbonyl (C=O) groups excluding carboxylic acids is 1. The van der Waals surface area contributed by atoms with E-state index in [0.717, 1.165) is 4.90 Å². The second kappa shape index (κ2) is 5.49. The molecule has 2 N–H and O–H groups in total. The van der Waals surface area contributed by atoms with Crippen LogP contribution >= 0.6 is 11.8 Å². The zero-order chi connectivity index (χ0) is 14.0. The van der Waals surface area contributed by atoms with Gasteiger partial charge in [0.05, 0.1) is 0 Å². The molecule has 2 aromatic rings. The maximum absolute atomic E-state index is 11.5. The summed E-state index contributed by atoms with van der Waals surface area (Å²) in [7, 11) is 0. The highest BCUT2D eigenvalue weighted by atomic mass is 32.2. The number of nitrogen functional groups attached to an aromatic ring is 1. The number of aryl methyl sites for hydroxylation is 2. The van der Waals surface area contributed by atoms with Gasteiger partial charge in [0, 0.05) is 21.0 Å². The van der Waals surface area contributed by atoms with E-state index in [1.165, 1.54) is 22.9 Å². The zero-order valence-electron chi connectivity index (χ0n) is 11.4. The predicted molar refractivity (Wildman–Crippen MR) is 80.9 cm³/mol. The lowest BCUT2D eigenvalue weighted by molar-refractivity contribution is 0.101. The van der Waals surface area contributed by atoms with Gasteiger partial charge in [0.2, 0.25) is 0 Å². The minimum atomic E-state index is 0.000846. The number of nitrogens with two attached hydrogens (primary N) is 1. The van der Waals surface area contributed by atoms with E-state index < -0.39 is 0 Å². The van der Waals surface area contributed by atoms with Crippen molar-refractivity contribution in [2.45, 2.75) is 30.6 Å². The minimum absolute atomic E-state index is 0.000846. The molecule has 0 aliphatic carbocycles. The first kappa shape index (κ1) is 13.7. The Hall–Kier alpha value is -1.74. The van der Waals surface area contributed by atoms with Crippen LogP contribution in [0.15, 0.2) is 46.2 Å². The van der Waals surface area contributed by atoms with Crippen LogP contribution in [0.25, 0.3) is 0 Å². The van der Waals surface area contributed by atoms with E-state index in [2.05, 4.69) is 32.0 Å². The molecule has 0 saturated heterocycles. The fourth-order valence-electron chi connectivity index (χ4n) is 1.85. The number of rotatable bonds is 3. The topological polar surface area (TPSA) is 43.1 Å². The highest BCUT2D eigenvalue weighted by Gasteiger charge is 2.08. The quantitative estimate of drug-likeness (QED) is 0.670. The second-order valence-corrected chi connectivity index (χ2v) is 5.79. The second-order valence-electron chi connectivity index (χ2n) is 4.68. The van der Waals surface area contributed by atoms with Crippen molar-refractivity contribution in [1.29, 1.82) is 0 Å². The molecule has 0 heterocycles. The molecule has 98 valence electrons. The summed E-state index contributed by atoms with van der Waals surface area (Å²) in [6, 6.07) is 12.0. The number of Topliss-reactive ketones (excluding diaryl/α,β-unsaturated/α-hetero) is 1. The lowest BCUT2D eigenvalue weighted by Gasteiger charge is -2.09. The van der Waals surface area contributed by atoms with Crippen molar-refractivity contribution in [2.75, 3.05) is 5.73 Å². The standard InChI is InChI=1S/C16H17NOS/c1-10-4-5-11(2)16(8-10)19-13-6-7-15(17)14(9-13)12(3)18/h4-9H,17H2,1-3H3. The molecule has 0 saturated carbocycles. The van der Waals surface area contributed by atoms with Gasteiger partial charge < -0.3 is 5.73 Å². The summed E-state index contributed by atoms with van der Waals surface area (Å²) < 4.78 is 0. The van der Waals surface area contributed by atoms with Crippen LogP contribution in [0.1, 0.15) is 28.4 Å². The van der Waals surface area contributed by atoms with Crippen LogP contribution in [-0.2, 0) is 0 Å². The maximum atomic E-state index is 11.5. The third-order valence-corrected chi connectivity index (χ3v) is 4.12. The van der Waals surface area contributed by atoms with E-state index >= 15 is 0 Å². The van der Waals surface area contributed by atoms with Gasteiger partial charge in [-0.3, -0.25) is 4.79 Å². The summed E-state index contributed by atoms with van der Waals surface area (Å²) >= 11 is 1.66. The van der Waals surface area contributed by atoms with Crippen LogP contribution < -0.4 is 5.73 Å². The summed E-state index contributed by atoms with van der Waals surface area (Å²) in [5.41, 5.74) is 9.41. The summed E-state index contributed by atoms with van der Waals surface area (Å²) in [6.07, 6.45) is 0. The van der Waals surface area contributed by atoms with Crippen LogP contribution in [0.5, 0.6) is 0 Å². The van der Waals surface area contributed by atoms with E-state index in [0.29, 0.717) is 11.3 Å². The van der Waals surface area contributed by atoms with Gasteiger partial charge in [0.15, 0.2) is 5.78 Å². The van der Waals surface area contributed by atoms with Crippen molar-refractivity contribution in [3.63, 3.8) is 0 Å². The molecular weight excluding hydrogens is 254 g/mol. The van der Waals surface area contributed by atoms with Crippen LogP contribution in [0.2, 0.25) is 0 Å². The first-order valence-corrected chi connectivity index (χ1v) is 6.94. The van der Waals surface area contributed by atoms with Crippen molar-refractivity contribution < 1.29 is 4.79 Å². The number of benzene rings is 2. The van der Waals surface area contributed by atoms with Gasteiger partial charge in [-0.15, -0.1) is 0 Å². The van der Waals surface area contributed by atoms with E-state index in [1.54, 1.807) is 17.8 Å². The van der Waals surface area contributed by atoms with Gasteiger partial charge in [-0.2, -0.15) is 0 Å². The highest BCUT2D eigenvalue weighted by Crippen LogP contribution is 2.32. The Morgan fingerprint density at radius 2 is 1.84 bits per heavy atom. The molecule has 0 bridgehead atoms. The van der Waals surface area contributed by atoms with Crippen LogP contribution in [-0.4, -0.2) is 5.78 Å². The molecule has 0 aliphatic rings. The minimum Gasteiger partial charge on any atom is -0.398 e. The Kier molecular flexibility index (Phi) is 3.96. The Balaban J connectivity index is 2.36. The smallest absolute Gasteiger partial charge is 0.161 e. The van der Waals surface area contributed by atoms with Crippen LogP contribution in [0.3, 0.4) is 0 Å². The number of hydrogen-bond acceptors (Lipinski definition) is 3. The fourth-order valence-corrected chi connectivity index (χ4v) is 2.89. The molecule has 0 radical (unpaired) electrons. The number of carbonyl (C=O) groups is 1. The number of anilines is 1. The Morgan fingerprint density at radius 1 is 1.11 bits per heavy atom. The summed E-state index contributed by atoms with van der Waals surface area (Å²) in [6.45, 7) is 5.70. The van der Waals surface area contributed by atoms with E-state index in [-0.39, 0.29) is 5.78 Å².